The number of benzene rings is 1. The van der Waals surface area contributed by atoms with E-state index in [1.807, 2.05) is 13.1 Å². The summed E-state index contributed by atoms with van der Waals surface area (Å²) in [4.78, 5) is 11.6. The number of hydrogen-bond donors (Lipinski definition) is 2. The minimum absolute atomic E-state index is 0.603. The van der Waals surface area contributed by atoms with Crippen LogP contribution in [0, 0.1) is 6.92 Å². The Kier molecular flexibility index (Phi) is 7.10. The van der Waals surface area contributed by atoms with Crippen molar-refractivity contribution in [1.29, 1.82) is 0 Å². The first-order valence-corrected chi connectivity index (χ1v) is 10.3. The molecule has 2 aromatic rings. The summed E-state index contributed by atoms with van der Waals surface area (Å²) in [6.45, 7) is 9.65. The van der Waals surface area contributed by atoms with Crippen molar-refractivity contribution in [1.82, 2.24) is 25.1 Å². The molecule has 3 rings (SSSR count). The van der Waals surface area contributed by atoms with E-state index >= 15 is 0 Å². The molecule has 1 aromatic heterocycles. The van der Waals surface area contributed by atoms with E-state index in [0.29, 0.717) is 6.04 Å². The Morgan fingerprint density at radius 2 is 2.00 bits per heavy atom. The molecule has 0 radical (unpaired) electrons. The average Bonchev–Trinajstić information content (AvgIpc) is 3.32. The summed E-state index contributed by atoms with van der Waals surface area (Å²) >= 11 is 0. The van der Waals surface area contributed by atoms with Crippen LogP contribution in [-0.4, -0.2) is 59.7 Å². The van der Waals surface area contributed by atoms with E-state index in [1.165, 1.54) is 37.9 Å². The summed E-state index contributed by atoms with van der Waals surface area (Å²) < 4.78 is 2.30. The van der Waals surface area contributed by atoms with Gasteiger partial charge in [0, 0.05) is 32.7 Å². The van der Waals surface area contributed by atoms with Crippen LogP contribution in [0.5, 0.6) is 0 Å². The highest BCUT2D eigenvalue weighted by Gasteiger charge is 2.20. The molecule has 27 heavy (non-hydrogen) atoms. The highest BCUT2D eigenvalue weighted by molar-refractivity contribution is 5.79. The van der Waals surface area contributed by atoms with Crippen molar-refractivity contribution < 1.29 is 0 Å². The van der Waals surface area contributed by atoms with E-state index in [4.69, 9.17) is 0 Å². The third-order valence-electron chi connectivity index (χ3n) is 5.55. The van der Waals surface area contributed by atoms with E-state index in [9.17, 15) is 0 Å². The van der Waals surface area contributed by atoms with Gasteiger partial charge in [-0.05, 0) is 57.8 Å². The van der Waals surface area contributed by atoms with Crippen LogP contribution < -0.4 is 10.6 Å². The number of imidazole rings is 1. The molecule has 1 atom stereocenters. The zero-order valence-electron chi connectivity index (χ0n) is 17.0. The number of rotatable bonds is 8. The first-order chi connectivity index (χ1) is 13.2. The molecule has 0 amide bonds. The number of aromatic nitrogens is 2. The fourth-order valence-electron chi connectivity index (χ4n) is 4.00. The Bertz CT molecular complexity index is 744. The fraction of sp³-hybridized carbons (Fsp3) is 0.619. The van der Waals surface area contributed by atoms with Gasteiger partial charge in [-0.1, -0.05) is 19.1 Å². The van der Waals surface area contributed by atoms with Crippen LogP contribution in [0.15, 0.2) is 29.3 Å². The summed E-state index contributed by atoms with van der Waals surface area (Å²) in [7, 11) is 1.85. The first-order valence-electron chi connectivity index (χ1n) is 10.3. The normalized spacial score (nSPS) is 16.8. The minimum Gasteiger partial charge on any atom is -0.356 e. The molecule has 0 bridgehead atoms. The van der Waals surface area contributed by atoms with Gasteiger partial charge < -0.3 is 15.2 Å². The summed E-state index contributed by atoms with van der Waals surface area (Å²) in [5.41, 5.74) is 2.29. The highest BCUT2D eigenvalue weighted by Crippen LogP contribution is 2.15. The van der Waals surface area contributed by atoms with Gasteiger partial charge >= 0.3 is 0 Å². The van der Waals surface area contributed by atoms with Crippen molar-refractivity contribution in [2.45, 2.75) is 52.1 Å². The van der Waals surface area contributed by atoms with Gasteiger partial charge in [-0.15, -0.1) is 0 Å². The third-order valence-corrected chi connectivity index (χ3v) is 5.55. The number of para-hydroxylation sites is 2. The van der Waals surface area contributed by atoms with Crippen molar-refractivity contribution in [2.75, 3.05) is 33.2 Å². The quantitative estimate of drug-likeness (QED) is 0.426. The maximum atomic E-state index is 4.64. The van der Waals surface area contributed by atoms with Crippen molar-refractivity contribution in [3.63, 3.8) is 0 Å². The van der Waals surface area contributed by atoms with Crippen LogP contribution in [0.1, 0.15) is 38.4 Å². The first kappa shape index (κ1) is 19.7. The number of aryl methyl sites for hydroxylation is 2. The molecular weight excluding hydrogens is 336 g/mol. The Morgan fingerprint density at radius 3 is 2.74 bits per heavy atom. The van der Waals surface area contributed by atoms with Gasteiger partial charge in [0.2, 0.25) is 0 Å². The maximum Gasteiger partial charge on any atom is 0.191 e. The summed E-state index contributed by atoms with van der Waals surface area (Å²) in [5, 5.41) is 6.97. The topological polar surface area (TPSA) is 57.5 Å². The van der Waals surface area contributed by atoms with Crippen LogP contribution in [-0.2, 0) is 6.54 Å². The van der Waals surface area contributed by atoms with Gasteiger partial charge in [-0.3, -0.25) is 9.89 Å². The Balaban J connectivity index is 1.43. The Hall–Kier alpha value is -2.08. The second-order valence-corrected chi connectivity index (χ2v) is 7.34. The molecule has 148 valence electrons. The smallest absolute Gasteiger partial charge is 0.191 e. The molecule has 2 N–H and O–H groups in total. The van der Waals surface area contributed by atoms with Crippen molar-refractivity contribution >= 4 is 17.0 Å². The van der Waals surface area contributed by atoms with Gasteiger partial charge in [0.1, 0.15) is 5.82 Å². The SMILES string of the molecule is CCC(CNC(=NC)NCCCn1c(C)nc2ccccc21)N1CCCC1. The lowest BCUT2D eigenvalue weighted by molar-refractivity contribution is 0.236. The second-order valence-electron chi connectivity index (χ2n) is 7.34. The minimum atomic E-state index is 0.603. The summed E-state index contributed by atoms with van der Waals surface area (Å²) in [6, 6.07) is 8.95. The highest BCUT2D eigenvalue weighted by atomic mass is 15.2. The molecular formula is C21H34N6. The molecule has 0 aliphatic carbocycles. The number of guanidine groups is 1. The number of aliphatic imine (C=N–C) groups is 1. The predicted molar refractivity (Wildman–Crippen MR) is 113 cm³/mol. The zero-order valence-corrected chi connectivity index (χ0v) is 17.0. The summed E-state index contributed by atoms with van der Waals surface area (Å²) in [5.74, 6) is 1.98. The molecule has 1 unspecified atom stereocenters. The van der Waals surface area contributed by atoms with Crippen LogP contribution in [0.3, 0.4) is 0 Å². The lowest BCUT2D eigenvalue weighted by Gasteiger charge is -2.27. The molecule has 6 nitrogen and oxygen atoms in total. The molecule has 2 heterocycles. The van der Waals surface area contributed by atoms with Gasteiger partial charge in [-0.25, -0.2) is 4.98 Å². The zero-order chi connectivity index (χ0) is 19.1. The molecule has 1 aliphatic heterocycles. The second kappa shape index (κ2) is 9.74. The Morgan fingerprint density at radius 1 is 1.22 bits per heavy atom. The lowest BCUT2D eigenvalue weighted by atomic mass is 10.2. The maximum absolute atomic E-state index is 4.64. The number of hydrogen-bond acceptors (Lipinski definition) is 3. The Labute approximate surface area is 163 Å². The standard InChI is InChI=1S/C21H34N6/c1-4-18(26-13-7-8-14-26)16-24-21(22-3)23-12-9-15-27-17(2)25-19-10-5-6-11-20(19)27/h5-6,10-11,18H,4,7-9,12-16H2,1-3H3,(H2,22,23,24). The lowest BCUT2D eigenvalue weighted by Crippen LogP contribution is -2.46. The van der Waals surface area contributed by atoms with Gasteiger partial charge in [-0.2, -0.15) is 0 Å². The molecule has 1 aromatic carbocycles. The number of nitrogens with zero attached hydrogens (tertiary/aromatic N) is 4. The average molecular weight is 371 g/mol. The van der Waals surface area contributed by atoms with E-state index in [-0.39, 0.29) is 0 Å². The van der Waals surface area contributed by atoms with Crippen molar-refractivity contribution in [3.8, 4) is 0 Å². The molecule has 1 aliphatic rings. The van der Waals surface area contributed by atoms with Crippen LogP contribution >= 0.6 is 0 Å². The van der Waals surface area contributed by atoms with E-state index in [0.717, 1.165) is 43.4 Å². The molecule has 6 heteroatoms. The van der Waals surface area contributed by atoms with Crippen LogP contribution in [0.4, 0.5) is 0 Å². The largest absolute Gasteiger partial charge is 0.356 e. The van der Waals surface area contributed by atoms with E-state index < -0.39 is 0 Å². The molecule has 0 saturated carbocycles. The fourth-order valence-corrected chi connectivity index (χ4v) is 4.00. The monoisotopic (exact) mass is 370 g/mol. The molecule has 0 spiro atoms. The van der Waals surface area contributed by atoms with Crippen molar-refractivity contribution in [2.24, 2.45) is 4.99 Å². The van der Waals surface area contributed by atoms with Gasteiger partial charge in [0.25, 0.3) is 0 Å². The van der Waals surface area contributed by atoms with Gasteiger partial charge in [0.05, 0.1) is 11.0 Å². The van der Waals surface area contributed by atoms with Crippen LogP contribution in [0.2, 0.25) is 0 Å². The van der Waals surface area contributed by atoms with E-state index in [2.05, 4.69) is 62.1 Å². The van der Waals surface area contributed by atoms with Gasteiger partial charge in [0.15, 0.2) is 5.96 Å². The number of nitrogens with one attached hydrogen (secondary N) is 2. The predicted octanol–water partition coefficient (Wildman–Crippen LogP) is 2.77. The molecule has 1 saturated heterocycles. The molecule has 1 fully saturated rings. The number of likely N-dealkylation sites (tertiary alicyclic amines) is 1. The summed E-state index contributed by atoms with van der Waals surface area (Å²) in [6.07, 6.45) is 4.89. The van der Waals surface area contributed by atoms with Crippen LogP contribution in [0.25, 0.3) is 11.0 Å². The van der Waals surface area contributed by atoms with E-state index in [1.54, 1.807) is 0 Å². The van der Waals surface area contributed by atoms with Crippen molar-refractivity contribution in [3.05, 3.63) is 30.1 Å². The number of fused-ring (bicyclic) bond motifs is 1. The third kappa shape index (κ3) is 5.01.